The molecule has 0 bridgehead atoms. The predicted octanol–water partition coefficient (Wildman–Crippen LogP) is 3.54. The molecule has 1 aromatic carbocycles. The summed E-state index contributed by atoms with van der Waals surface area (Å²) in [7, 11) is 0. The van der Waals surface area contributed by atoms with Crippen molar-refractivity contribution in [2.24, 2.45) is 5.73 Å². The van der Waals surface area contributed by atoms with Gasteiger partial charge in [0, 0.05) is 6.54 Å². The maximum absolute atomic E-state index is 6.21. The van der Waals surface area contributed by atoms with E-state index in [0.717, 1.165) is 5.70 Å². The van der Waals surface area contributed by atoms with E-state index in [4.69, 9.17) is 10.6 Å². The Morgan fingerprint density at radius 2 is 1.75 bits per heavy atom. The van der Waals surface area contributed by atoms with Crippen molar-refractivity contribution in [3.63, 3.8) is 0 Å². The zero-order valence-corrected chi connectivity index (χ0v) is 12.0. The van der Waals surface area contributed by atoms with E-state index < -0.39 is 0 Å². The molecule has 0 spiro atoms. The largest absolute Gasteiger partial charge is 0.325 e. The quantitative estimate of drug-likeness (QED) is 0.855. The average Bonchev–Trinajstić information content (AvgIpc) is 2.75. The van der Waals surface area contributed by atoms with Crippen LogP contribution in [-0.4, -0.2) is 17.6 Å². The molecule has 1 unspecified atom stereocenters. The second kappa shape index (κ2) is 6.42. The highest BCUT2D eigenvalue weighted by atomic mass is 16.7. The van der Waals surface area contributed by atoms with Gasteiger partial charge in [-0.3, -0.25) is 9.90 Å². The third kappa shape index (κ3) is 2.89. The van der Waals surface area contributed by atoms with Crippen LogP contribution in [0.2, 0.25) is 0 Å². The Morgan fingerprint density at radius 3 is 2.40 bits per heavy atom. The fourth-order valence-electron chi connectivity index (χ4n) is 3.24. The van der Waals surface area contributed by atoms with Gasteiger partial charge < -0.3 is 5.73 Å². The molecule has 2 N–H and O–H groups in total. The topological polar surface area (TPSA) is 38.5 Å². The lowest BCUT2D eigenvalue weighted by Crippen LogP contribution is -2.34. The fourth-order valence-corrected chi connectivity index (χ4v) is 3.24. The Morgan fingerprint density at radius 1 is 1.05 bits per heavy atom. The number of nitrogens with zero attached hydrogens (tertiary/aromatic N) is 1. The van der Waals surface area contributed by atoms with Gasteiger partial charge in [-0.2, -0.15) is 0 Å². The standard InChI is InChI=1S/C17H24N2O/c18-13-16-12-17(14-8-4-3-5-9-14)20-19(16)15-10-6-1-2-7-11-15/h3-5,8-9,12,15,17H,1-2,6-7,10-11,13,18H2. The Hall–Kier alpha value is -1.32. The van der Waals surface area contributed by atoms with Crippen molar-refractivity contribution in [2.75, 3.05) is 6.54 Å². The van der Waals surface area contributed by atoms with Crippen molar-refractivity contribution in [1.82, 2.24) is 5.06 Å². The van der Waals surface area contributed by atoms with E-state index in [1.165, 1.54) is 44.1 Å². The van der Waals surface area contributed by atoms with Crippen molar-refractivity contribution < 1.29 is 4.84 Å². The second-order valence-electron chi connectivity index (χ2n) is 5.77. The minimum Gasteiger partial charge on any atom is -0.325 e. The molecule has 1 atom stereocenters. The first kappa shape index (κ1) is 13.7. The Kier molecular flexibility index (Phi) is 4.38. The smallest absolute Gasteiger partial charge is 0.131 e. The summed E-state index contributed by atoms with van der Waals surface area (Å²) in [6.07, 6.45) is 9.97. The highest BCUT2D eigenvalue weighted by Crippen LogP contribution is 2.34. The van der Waals surface area contributed by atoms with Crippen LogP contribution in [0.3, 0.4) is 0 Å². The molecule has 1 heterocycles. The molecule has 0 saturated heterocycles. The summed E-state index contributed by atoms with van der Waals surface area (Å²) in [5.74, 6) is 0. The molecule has 3 heteroatoms. The van der Waals surface area contributed by atoms with E-state index in [1.807, 2.05) is 6.07 Å². The van der Waals surface area contributed by atoms with Crippen LogP contribution in [0.25, 0.3) is 0 Å². The Bertz CT molecular complexity index is 449. The van der Waals surface area contributed by atoms with Gasteiger partial charge in [-0.15, -0.1) is 0 Å². The molecular weight excluding hydrogens is 248 g/mol. The third-order valence-electron chi connectivity index (χ3n) is 4.35. The van der Waals surface area contributed by atoms with Gasteiger partial charge in [0.25, 0.3) is 0 Å². The summed E-state index contributed by atoms with van der Waals surface area (Å²) in [4.78, 5) is 6.21. The minimum absolute atomic E-state index is 0.0259. The zero-order valence-electron chi connectivity index (χ0n) is 12.0. The number of hydrogen-bond donors (Lipinski definition) is 1. The highest BCUT2D eigenvalue weighted by Gasteiger charge is 2.30. The van der Waals surface area contributed by atoms with E-state index in [-0.39, 0.29) is 6.10 Å². The van der Waals surface area contributed by atoms with Crippen LogP contribution in [-0.2, 0) is 4.84 Å². The molecule has 0 amide bonds. The molecule has 1 fully saturated rings. The van der Waals surface area contributed by atoms with Gasteiger partial charge in [-0.1, -0.05) is 56.0 Å². The summed E-state index contributed by atoms with van der Waals surface area (Å²) in [5, 5.41) is 2.11. The summed E-state index contributed by atoms with van der Waals surface area (Å²) >= 11 is 0. The summed E-state index contributed by atoms with van der Waals surface area (Å²) in [6, 6.07) is 10.9. The number of nitrogens with two attached hydrogens (primary N) is 1. The van der Waals surface area contributed by atoms with E-state index in [9.17, 15) is 0 Å². The summed E-state index contributed by atoms with van der Waals surface area (Å²) in [5.41, 5.74) is 8.27. The van der Waals surface area contributed by atoms with Crippen LogP contribution >= 0.6 is 0 Å². The lowest BCUT2D eigenvalue weighted by Gasteiger charge is -2.30. The molecular formula is C17H24N2O. The predicted molar refractivity (Wildman–Crippen MR) is 80.7 cm³/mol. The van der Waals surface area contributed by atoms with Crippen molar-refractivity contribution in [3.05, 3.63) is 47.7 Å². The van der Waals surface area contributed by atoms with Crippen LogP contribution in [0.15, 0.2) is 42.1 Å². The molecule has 1 aliphatic heterocycles. The molecule has 3 rings (SSSR count). The van der Waals surface area contributed by atoms with E-state index in [1.54, 1.807) is 0 Å². The van der Waals surface area contributed by atoms with Gasteiger partial charge in [0.2, 0.25) is 0 Å². The Balaban J connectivity index is 1.75. The lowest BCUT2D eigenvalue weighted by atomic mass is 10.1. The molecule has 2 aliphatic rings. The maximum atomic E-state index is 6.21. The second-order valence-corrected chi connectivity index (χ2v) is 5.77. The number of hydrogen-bond acceptors (Lipinski definition) is 3. The monoisotopic (exact) mass is 272 g/mol. The zero-order chi connectivity index (χ0) is 13.8. The van der Waals surface area contributed by atoms with Crippen molar-refractivity contribution >= 4 is 0 Å². The average molecular weight is 272 g/mol. The first-order valence-corrected chi connectivity index (χ1v) is 7.80. The Labute approximate surface area is 121 Å². The molecule has 0 aromatic heterocycles. The SMILES string of the molecule is NCC1=CC(c2ccccc2)ON1C1CCCCCC1. The first-order valence-electron chi connectivity index (χ1n) is 7.80. The van der Waals surface area contributed by atoms with Gasteiger partial charge in [-0.25, -0.2) is 0 Å². The molecule has 108 valence electrons. The van der Waals surface area contributed by atoms with Crippen LogP contribution in [0.5, 0.6) is 0 Å². The fraction of sp³-hybridized carbons (Fsp3) is 0.529. The van der Waals surface area contributed by atoms with Crippen LogP contribution < -0.4 is 5.73 Å². The first-order chi connectivity index (χ1) is 9.88. The van der Waals surface area contributed by atoms with Crippen molar-refractivity contribution in [3.8, 4) is 0 Å². The van der Waals surface area contributed by atoms with E-state index in [0.29, 0.717) is 12.6 Å². The molecule has 3 nitrogen and oxygen atoms in total. The molecule has 20 heavy (non-hydrogen) atoms. The highest BCUT2D eigenvalue weighted by molar-refractivity contribution is 5.25. The molecule has 0 radical (unpaired) electrons. The van der Waals surface area contributed by atoms with E-state index >= 15 is 0 Å². The number of benzene rings is 1. The normalized spacial score (nSPS) is 24.6. The molecule has 1 aliphatic carbocycles. The van der Waals surface area contributed by atoms with Gasteiger partial charge in [0.05, 0.1) is 11.7 Å². The maximum Gasteiger partial charge on any atom is 0.131 e. The number of rotatable bonds is 3. The van der Waals surface area contributed by atoms with Gasteiger partial charge in [0.15, 0.2) is 0 Å². The van der Waals surface area contributed by atoms with E-state index in [2.05, 4.69) is 35.4 Å². The van der Waals surface area contributed by atoms with Crippen LogP contribution in [0.1, 0.15) is 50.2 Å². The summed E-state index contributed by atoms with van der Waals surface area (Å²) in [6.45, 7) is 0.555. The molecule has 1 saturated carbocycles. The third-order valence-corrected chi connectivity index (χ3v) is 4.35. The van der Waals surface area contributed by atoms with Crippen molar-refractivity contribution in [2.45, 2.75) is 50.7 Å². The summed E-state index contributed by atoms with van der Waals surface area (Å²) < 4.78 is 0. The van der Waals surface area contributed by atoms with Crippen molar-refractivity contribution in [1.29, 1.82) is 0 Å². The van der Waals surface area contributed by atoms with Gasteiger partial charge >= 0.3 is 0 Å². The van der Waals surface area contributed by atoms with Gasteiger partial charge in [0.1, 0.15) is 6.10 Å². The number of hydroxylamine groups is 2. The molecule has 1 aromatic rings. The van der Waals surface area contributed by atoms with Gasteiger partial charge in [-0.05, 0) is 24.5 Å². The minimum atomic E-state index is 0.0259. The van der Waals surface area contributed by atoms with Crippen LogP contribution in [0, 0.1) is 0 Å². The lowest BCUT2D eigenvalue weighted by molar-refractivity contribution is -0.168. The van der Waals surface area contributed by atoms with Crippen LogP contribution in [0.4, 0.5) is 0 Å².